The van der Waals surface area contributed by atoms with Crippen molar-refractivity contribution in [3.05, 3.63) is 54.1 Å². The number of carbonyl (C=O) groups is 1. The van der Waals surface area contributed by atoms with E-state index in [0.717, 1.165) is 11.1 Å². The van der Waals surface area contributed by atoms with Gasteiger partial charge < -0.3 is 14.4 Å². The zero-order valence-electron chi connectivity index (χ0n) is 12.4. The highest BCUT2D eigenvalue weighted by Crippen LogP contribution is 2.26. The number of benzene rings is 2. The largest absolute Gasteiger partial charge is 0.482 e. The normalized spacial score (nSPS) is 10.5. The summed E-state index contributed by atoms with van der Waals surface area (Å²) >= 11 is 0. The highest BCUT2D eigenvalue weighted by Gasteiger charge is 2.12. The molecule has 1 aromatic heterocycles. The Hall–Kier alpha value is -3.15. The molecule has 0 aliphatic heterocycles. The molecule has 0 fully saturated rings. The number of aliphatic carboxylic acids is 1. The van der Waals surface area contributed by atoms with Crippen LogP contribution in [-0.2, 0) is 4.79 Å². The summed E-state index contributed by atoms with van der Waals surface area (Å²) in [6.45, 7) is 1.57. The maximum atomic E-state index is 10.6. The molecule has 0 amide bonds. The molecule has 3 rings (SSSR count). The van der Waals surface area contributed by atoms with E-state index in [0.29, 0.717) is 23.0 Å². The molecule has 0 spiro atoms. The summed E-state index contributed by atoms with van der Waals surface area (Å²) < 4.78 is 10.5. The van der Waals surface area contributed by atoms with Gasteiger partial charge >= 0.3 is 5.97 Å². The van der Waals surface area contributed by atoms with Gasteiger partial charge in [-0.3, -0.25) is 0 Å². The molecule has 23 heavy (non-hydrogen) atoms. The van der Waals surface area contributed by atoms with Crippen LogP contribution in [0.4, 0.5) is 0 Å². The standard InChI is InChI=1S/C17H14N2O4/c1-11-5-2-3-8-14(11)17-18-16(19-23-17)12-6-4-7-13(9-12)22-10-15(20)21/h2-9H,10H2,1H3,(H,20,21). The van der Waals surface area contributed by atoms with E-state index in [9.17, 15) is 4.79 Å². The first-order chi connectivity index (χ1) is 11.1. The minimum Gasteiger partial charge on any atom is -0.482 e. The van der Waals surface area contributed by atoms with E-state index in [1.54, 1.807) is 24.3 Å². The van der Waals surface area contributed by atoms with Crippen LogP contribution in [0.3, 0.4) is 0 Å². The number of carboxylic acid groups (broad SMARTS) is 1. The van der Waals surface area contributed by atoms with Crippen molar-refractivity contribution in [2.45, 2.75) is 6.92 Å². The average Bonchev–Trinajstić information content (AvgIpc) is 3.03. The highest BCUT2D eigenvalue weighted by molar-refractivity contribution is 5.68. The van der Waals surface area contributed by atoms with Gasteiger partial charge in [0.2, 0.25) is 5.82 Å². The summed E-state index contributed by atoms with van der Waals surface area (Å²) in [6.07, 6.45) is 0. The number of nitrogens with zero attached hydrogens (tertiary/aromatic N) is 2. The van der Waals surface area contributed by atoms with Gasteiger partial charge in [-0.25, -0.2) is 4.79 Å². The molecule has 6 nitrogen and oxygen atoms in total. The fraction of sp³-hybridized carbons (Fsp3) is 0.118. The minimum atomic E-state index is -1.03. The molecule has 1 N–H and O–H groups in total. The molecule has 0 bridgehead atoms. The first-order valence-electron chi connectivity index (χ1n) is 6.98. The Morgan fingerprint density at radius 2 is 2.04 bits per heavy atom. The predicted molar refractivity (Wildman–Crippen MR) is 83.0 cm³/mol. The fourth-order valence-electron chi connectivity index (χ4n) is 2.13. The van der Waals surface area contributed by atoms with Crippen molar-refractivity contribution in [1.82, 2.24) is 10.1 Å². The fourth-order valence-corrected chi connectivity index (χ4v) is 2.13. The number of rotatable bonds is 5. The number of ether oxygens (including phenoxy) is 1. The van der Waals surface area contributed by atoms with Crippen molar-refractivity contribution in [2.75, 3.05) is 6.61 Å². The van der Waals surface area contributed by atoms with Crippen LogP contribution in [0.2, 0.25) is 0 Å². The number of aromatic nitrogens is 2. The number of hydrogen-bond donors (Lipinski definition) is 1. The Morgan fingerprint density at radius 1 is 1.22 bits per heavy atom. The summed E-state index contributed by atoms with van der Waals surface area (Å²) in [7, 11) is 0. The molecule has 0 atom stereocenters. The van der Waals surface area contributed by atoms with Crippen LogP contribution in [0.15, 0.2) is 53.1 Å². The van der Waals surface area contributed by atoms with E-state index in [2.05, 4.69) is 10.1 Å². The second kappa shape index (κ2) is 6.31. The Bertz CT molecular complexity index is 842. The topological polar surface area (TPSA) is 85.5 Å². The summed E-state index contributed by atoms with van der Waals surface area (Å²) in [4.78, 5) is 15.0. The van der Waals surface area contributed by atoms with Crippen LogP contribution in [0.1, 0.15) is 5.56 Å². The third kappa shape index (κ3) is 3.37. The lowest BCUT2D eigenvalue weighted by molar-refractivity contribution is -0.139. The molecule has 116 valence electrons. The summed E-state index contributed by atoms with van der Waals surface area (Å²) in [6, 6.07) is 14.6. The lowest BCUT2D eigenvalue weighted by atomic mass is 10.1. The Morgan fingerprint density at radius 3 is 2.83 bits per heavy atom. The number of hydrogen-bond acceptors (Lipinski definition) is 5. The molecule has 6 heteroatoms. The first-order valence-corrected chi connectivity index (χ1v) is 6.98. The molecular formula is C17H14N2O4. The zero-order valence-corrected chi connectivity index (χ0v) is 12.4. The van der Waals surface area contributed by atoms with Crippen molar-refractivity contribution < 1.29 is 19.2 Å². The van der Waals surface area contributed by atoms with E-state index in [4.69, 9.17) is 14.4 Å². The molecule has 0 aliphatic rings. The van der Waals surface area contributed by atoms with E-state index in [1.165, 1.54) is 0 Å². The van der Waals surface area contributed by atoms with Crippen LogP contribution in [-0.4, -0.2) is 27.8 Å². The first kappa shape index (κ1) is 14.8. The molecule has 3 aromatic rings. The smallest absolute Gasteiger partial charge is 0.341 e. The Balaban J connectivity index is 1.87. The van der Waals surface area contributed by atoms with Crippen LogP contribution in [0.25, 0.3) is 22.8 Å². The van der Waals surface area contributed by atoms with E-state index in [1.807, 2.05) is 31.2 Å². The maximum Gasteiger partial charge on any atom is 0.341 e. The zero-order chi connectivity index (χ0) is 16.2. The van der Waals surface area contributed by atoms with Crippen LogP contribution in [0.5, 0.6) is 5.75 Å². The van der Waals surface area contributed by atoms with Gasteiger partial charge in [0.05, 0.1) is 0 Å². The molecule has 0 unspecified atom stereocenters. The number of carboxylic acids is 1. The van der Waals surface area contributed by atoms with E-state index < -0.39 is 12.6 Å². The van der Waals surface area contributed by atoms with Gasteiger partial charge in [0.15, 0.2) is 6.61 Å². The monoisotopic (exact) mass is 310 g/mol. The third-order valence-electron chi connectivity index (χ3n) is 3.26. The molecule has 0 radical (unpaired) electrons. The second-order valence-corrected chi connectivity index (χ2v) is 4.95. The van der Waals surface area contributed by atoms with Gasteiger partial charge in [-0.05, 0) is 30.7 Å². The lowest BCUT2D eigenvalue weighted by Gasteiger charge is -2.03. The van der Waals surface area contributed by atoms with Crippen LogP contribution < -0.4 is 4.74 Å². The van der Waals surface area contributed by atoms with Crippen molar-refractivity contribution in [1.29, 1.82) is 0 Å². The van der Waals surface area contributed by atoms with Gasteiger partial charge in [0.25, 0.3) is 5.89 Å². The predicted octanol–water partition coefficient (Wildman–Crippen LogP) is 3.18. The molecule has 2 aromatic carbocycles. The highest BCUT2D eigenvalue weighted by atomic mass is 16.5. The summed E-state index contributed by atoms with van der Waals surface area (Å²) in [5.41, 5.74) is 2.61. The quantitative estimate of drug-likeness (QED) is 0.779. The van der Waals surface area contributed by atoms with Crippen molar-refractivity contribution in [2.24, 2.45) is 0 Å². The maximum absolute atomic E-state index is 10.6. The van der Waals surface area contributed by atoms with E-state index >= 15 is 0 Å². The molecule has 0 aliphatic carbocycles. The molecule has 0 saturated carbocycles. The summed E-state index contributed by atoms with van der Waals surface area (Å²) in [5.74, 6) is 0.267. The second-order valence-electron chi connectivity index (χ2n) is 4.95. The molecule has 0 saturated heterocycles. The van der Waals surface area contributed by atoms with Gasteiger partial charge in [-0.15, -0.1) is 0 Å². The van der Waals surface area contributed by atoms with Crippen molar-refractivity contribution >= 4 is 5.97 Å². The van der Waals surface area contributed by atoms with Gasteiger partial charge in [-0.2, -0.15) is 4.98 Å². The summed E-state index contributed by atoms with van der Waals surface area (Å²) in [5, 5.41) is 12.6. The third-order valence-corrected chi connectivity index (χ3v) is 3.26. The van der Waals surface area contributed by atoms with Crippen LogP contribution >= 0.6 is 0 Å². The Kier molecular flexibility index (Phi) is 4.05. The number of aryl methyl sites for hydroxylation is 1. The lowest BCUT2D eigenvalue weighted by Crippen LogP contribution is -2.09. The SMILES string of the molecule is Cc1ccccc1-c1nc(-c2cccc(OCC(=O)O)c2)no1. The van der Waals surface area contributed by atoms with Crippen LogP contribution in [0, 0.1) is 6.92 Å². The van der Waals surface area contributed by atoms with E-state index in [-0.39, 0.29) is 0 Å². The van der Waals surface area contributed by atoms with Gasteiger partial charge in [0.1, 0.15) is 5.75 Å². The molecular weight excluding hydrogens is 296 g/mol. The minimum absolute atomic E-state index is 0.399. The van der Waals surface area contributed by atoms with Gasteiger partial charge in [0, 0.05) is 11.1 Å². The Labute approximate surface area is 132 Å². The van der Waals surface area contributed by atoms with Crippen molar-refractivity contribution in [3.8, 4) is 28.6 Å². The molecule has 1 heterocycles. The van der Waals surface area contributed by atoms with Gasteiger partial charge in [-0.1, -0.05) is 35.5 Å². The average molecular weight is 310 g/mol. The van der Waals surface area contributed by atoms with Crippen molar-refractivity contribution in [3.63, 3.8) is 0 Å².